The number of hydrogen-bond donors (Lipinski definition) is 1. The molecule has 1 atom stereocenters. The van der Waals surface area contributed by atoms with E-state index in [9.17, 15) is 9.59 Å². The summed E-state index contributed by atoms with van der Waals surface area (Å²) in [7, 11) is 0. The normalized spacial score (nSPS) is 25.9. The van der Waals surface area contributed by atoms with Gasteiger partial charge in [0.2, 0.25) is 6.73 Å². The van der Waals surface area contributed by atoms with Crippen molar-refractivity contribution in [2.75, 3.05) is 26.4 Å². The molecule has 25 heavy (non-hydrogen) atoms. The van der Waals surface area contributed by atoms with Crippen molar-refractivity contribution in [1.29, 1.82) is 0 Å². The lowest BCUT2D eigenvalue weighted by molar-refractivity contribution is -0.957. The SMILES string of the molecule is C[C@H](NC(=O)OCc1ccccc1)C(=O)OC[N+]12CCC(CC1)CC2. The molecule has 1 aromatic rings. The number of carbonyl (C=O) groups is 2. The molecule has 0 spiro atoms. The highest BCUT2D eigenvalue weighted by Crippen LogP contribution is 2.33. The number of quaternary nitrogens is 1. The Morgan fingerprint density at radius 3 is 2.40 bits per heavy atom. The molecule has 3 fully saturated rings. The zero-order valence-corrected chi connectivity index (χ0v) is 14.8. The van der Waals surface area contributed by atoms with Crippen LogP contribution < -0.4 is 5.32 Å². The van der Waals surface area contributed by atoms with Crippen molar-refractivity contribution in [3.8, 4) is 0 Å². The number of benzene rings is 1. The zero-order valence-electron chi connectivity index (χ0n) is 14.8. The quantitative estimate of drug-likeness (QED) is 0.634. The van der Waals surface area contributed by atoms with E-state index < -0.39 is 18.1 Å². The van der Waals surface area contributed by atoms with Crippen LogP contribution in [-0.4, -0.2) is 49.0 Å². The van der Waals surface area contributed by atoms with Gasteiger partial charge >= 0.3 is 12.1 Å². The molecule has 6 heteroatoms. The molecule has 0 unspecified atom stereocenters. The lowest BCUT2D eigenvalue weighted by Gasteiger charge is -2.48. The molecule has 1 N–H and O–H groups in total. The Morgan fingerprint density at radius 1 is 1.12 bits per heavy atom. The summed E-state index contributed by atoms with van der Waals surface area (Å²) >= 11 is 0. The zero-order chi connectivity index (χ0) is 17.7. The van der Waals surface area contributed by atoms with E-state index in [1.807, 2.05) is 30.3 Å². The Bertz CT molecular complexity index is 583. The maximum Gasteiger partial charge on any atom is 0.408 e. The summed E-state index contributed by atoms with van der Waals surface area (Å²) in [4.78, 5) is 24.0. The van der Waals surface area contributed by atoms with Crippen molar-refractivity contribution in [1.82, 2.24) is 5.32 Å². The van der Waals surface area contributed by atoms with Crippen molar-refractivity contribution in [2.24, 2.45) is 5.92 Å². The Kier molecular flexibility index (Phi) is 5.58. The number of piperidine rings is 3. The molecule has 0 radical (unpaired) electrons. The van der Waals surface area contributed by atoms with Gasteiger partial charge in [-0.15, -0.1) is 0 Å². The molecule has 3 aliphatic heterocycles. The van der Waals surface area contributed by atoms with Gasteiger partial charge in [-0.25, -0.2) is 9.59 Å². The highest BCUT2D eigenvalue weighted by molar-refractivity contribution is 5.80. The van der Waals surface area contributed by atoms with Gasteiger partial charge in [-0.1, -0.05) is 30.3 Å². The van der Waals surface area contributed by atoms with Crippen LogP contribution in [0.5, 0.6) is 0 Å². The highest BCUT2D eigenvalue weighted by atomic mass is 16.6. The Labute approximate surface area is 148 Å². The largest absolute Gasteiger partial charge is 0.445 e. The Balaban J connectivity index is 1.39. The first-order valence-electron chi connectivity index (χ1n) is 9.05. The third kappa shape index (κ3) is 4.72. The predicted molar refractivity (Wildman–Crippen MR) is 92.4 cm³/mol. The van der Waals surface area contributed by atoms with E-state index in [1.54, 1.807) is 6.92 Å². The van der Waals surface area contributed by atoms with Crippen LogP contribution in [0.2, 0.25) is 0 Å². The third-order valence-electron chi connectivity index (χ3n) is 5.42. The molecular weight excluding hydrogens is 320 g/mol. The molecule has 3 saturated heterocycles. The van der Waals surface area contributed by atoms with Crippen molar-refractivity contribution < 1.29 is 23.5 Å². The molecule has 0 aliphatic carbocycles. The summed E-state index contributed by atoms with van der Waals surface area (Å²) in [5.74, 6) is 0.465. The number of nitrogens with one attached hydrogen (secondary N) is 1. The first-order chi connectivity index (χ1) is 12.1. The number of amides is 1. The van der Waals surface area contributed by atoms with Crippen molar-refractivity contribution in [2.45, 2.75) is 38.8 Å². The van der Waals surface area contributed by atoms with Gasteiger partial charge in [-0.3, -0.25) is 4.48 Å². The third-order valence-corrected chi connectivity index (χ3v) is 5.42. The van der Waals surface area contributed by atoms with Crippen molar-refractivity contribution in [3.63, 3.8) is 0 Å². The second-order valence-corrected chi connectivity index (χ2v) is 7.26. The molecule has 4 rings (SSSR count). The van der Waals surface area contributed by atoms with Crippen molar-refractivity contribution >= 4 is 12.1 Å². The first-order valence-corrected chi connectivity index (χ1v) is 9.05. The number of alkyl carbamates (subject to hydrolysis) is 1. The van der Waals surface area contributed by atoms with Crippen LogP contribution >= 0.6 is 0 Å². The minimum Gasteiger partial charge on any atom is -0.445 e. The van der Waals surface area contributed by atoms with Crippen LogP contribution in [0.4, 0.5) is 4.79 Å². The fraction of sp³-hybridized carbons (Fsp3) is 0.579. The van der Waals surface area contributed by atoms with E-state index in [1.165, 1.54) is 19.3 Å². The Hall–Kier alpha value is -2.08. The maximum atomic E-state index is 12.2. The van der Waals surface area contributed by atoms with Gasteiger partial charge in [0.1, 0.15) is 12.6 Å². The summed E-state index contributed by atoms with van der Waals surface area (Å²) in [6.45, 7) is 5.50. The number of rotatable bonds is 6. The molecule has 2 bridgehead atoms. The number of hydrogen-bond acceptors (Lipinski definition) is 4. The van der Waals surface area contributed by atoms with E-state index in [-0.39, 0.29) is 6.61 Å². The smallest absolute Gasteiger partial charge is 0.408 e. The monoisotopic (exact) mass is 347 g/mol. The minimum atomic E-state index is -0.719. The van der Waals surface area contributed by atoms with Crippen LogP contribution in [0.15, 0.2) is 30.3 Å². The molecule has 6 nitrogen and oxygen atoms in total. The summed E-state index contributed by atoms with van der Waals surface area (Å²) in [5.41, 5.74) is 0.900. The lowest BCUT2D eigenvalue weighted by atomic mass is 9.86. The van der Waals surface area contributed by atoms with E-state index in [2.05, 4.69) is 5.32 Å². The van der Waals surface area contributed by atoms with Gasteiger partial charge in [-0.05, 0) is 37.7 Å². The molecule has 3 aliphatic rings. The maximum absolute atomic E-state index is 12.2. The molecule has 0 aromatic heterocycles. The molecular formula is C19H27N2O4+. The number of carbonyl (C=O) groups excluding carboxylic acids is 2. The molecule has 0 saturated carbocycles. The van der Waals surface area contributed by atoms with Crippen LogP contribution in [-0.2, 0) is 20.9 Å². The molecule has 1 aromatic carbocycles. The molecule has 1 amide bonds. The minimum absolute atomic E-state index is 0.176. The van der Waals surface area contributed by atoms with Gasteiger partial charge in [0.05, 0.1) is 19.6 Å². The van der Waals surface area contributed by atoms with Crippen LogP contribution in [0.1, 0.15) is 31.7 Å². The van der Waals surface area contributed by atoms with E-state index in [0.29, 0.717) is 6.73 Å². The standard InChI is InChI=1S/C19H26N2O4/c1-15(20-19(23)24-13-17-5-3-2-4-6-17)18(22)25-14-21-10-7-16(8-11-21)9-12-21/h2-6,15-16H,7-14H2,1H3/p+1/t15-,16?,21?/m0/s1. The average Bonchev–Trinajstić information content (AvgIpc) is 2.67. The van der Waals surface area contributed by atoms with Crippen molar-refractivity contribution in [3.05, 3.63) is 35.9 Å². The van der Waals surface area contributed by atoms with Gasteiger partial charge in [0.15, 0.2) is 0 Å². The summed E-state index contributed by atoms with van der Waals surface area (Å²) in [6.07, 6.45) is 3.09. The van der Waals surface area contributed by atoms with Gasteiger partial charge in [0.25, 0.3) is 0 Å². The summed E-state index contributed by atoms with van der Waals surface area (Å²) in [6, 6.07) is 8.70. The van der Waals surface area contributed by atoms with Gasteiger partial charge < -0.3 is 14.8 Å². The molecule has 3 heterocycles. The van der Waals surface area contributed by atoms with E-state index in [4.69, 9.17) is 9.47 Å². The number of nitrogens with zero attached hydrogens (tertiary/aromatic N) is 1. The number of fused-ring (bicyclic) bond motifs is 3. The predicted octanol–water partition coefficient (Wildman–Crippen LogP) is 2.43. The second kappa shape index (κ2) is 7.87. The van der Waals surface area contributed by atoms with E-state index in [0.717, 1.165) is 35.6 Å². The average molecular weight is 347 g/mol. The summed E-state index contributed by atoms with van der Waals surface area (Å²) < 4.78 is 11.5. The van der Waals surface area contributed by atoms with Gasteiger partial charge in [-0.2, -0.15) is 0 Å². The van der Waals surface area contributed by atoms with Crippen LogP contribution in [0, 0.1) is 5.92 Å². The first kappa shape index (κ1) is 17.7. The summed E-state index contributed by atoms with van der Waals surface area (Å²) in [5, 5.41) is 2.54. The lowest BCUT2D eigenvalue weighted by Crippen LogP contribution is -2.59. The van der Waals surface area contributed by atoms with Crippen LogP contribution in [0.3, 0.4) is 0 Å². The van der Waals surface area contributed by atoms with E-state index >= 15 is 0 Å². The fourth-order valence-corrected chi connectivity index (χ4v) is 3.66. The highest BCUT2D eigenvalue weighted by Gasteiger charge is 2.40. The fourth-order valence-electron chi connectivity index (χ4n) is 3.66. The van der Waals surface area contributed by atoms with Crippen LogP contribution in [0.25, 0.3) is 0 Å². The topological polar surface area (TPSA) is 64.6 Å². The number of esters is 1. The Morgan fingerprint density at radius 2 is 1.76 bits per heavy atom. The molecule has 136 valence electrons. The second-order valence-electron chi connectivity index (χ2n) is 7.26. The number of ether oxygens (including phenoxy) is 2. The van der Waals surface area contributed by atoms with Gasteiger partial charge in [0, 0.05) is 0 Å².